The van der Waals surface area contributed by atoms with Crippen molar-refractivity contribution >= 4 is 17.7 Å². The Kier molecular flexibility index (Phi) is 5.68. The first kappa shape index (κ1) is 18.1. The maximum atomic E-state index is 13.5. The zero-order chi connectivity index (χ0) is 18.5. The van der Waals surface area contributed by atoms with E-state index >= 15 is 0 Å². The topological polar surface area (TPSA) is 59.8 Å². The van der Waals surface area contributed by atoms with Crippen molar-refractivity contribution in [3.05, 3.63) is 65.5 Å². The van der Waals surface area contributed by atoms with Crippen LogP contribution in [0, 0.1) is 12.7 Å². The van der Waals surface area contributed by atoms with Gasteiger partial charge in [-0.2, -0.15) is 0 Å². The summed E-state index contributed by atoms with van der Waals surface area (Å²) in [6, 6.07) is 14.7. The Balaban J connectivity index is 1.55. The van der Waals surface area contributed by atoms with Gasteiger partial charge in [0.2, 0.25) is 5.91 Å². The number of benzene rings is 2. The third kappa shape index (κ3) is 4.29. The molecule has 3 rings (SSSR count). The average Bonchev–Trinajstić information content (AvgIpc) is 3.02. The second-order valence-electron chi connectivity index (χ2n) is 5.88. The van der Waals surface area contributed by atoms with E-state index in [1.54, 1.807) is 19.1 Å². The number of amides is 1. The number of carbonyl (C=O) groups is 1. The lowest BCUT2D eigenvalue weighted by Gasteiger charge is -2.07. The van der Waals surface area contributed by atoms with Crippen LogP contribution < -0.4 is 5.32 Å². The number of nitrogens with one attached hydrogen (secondary N) is 1. The van der Waals surface area contributed by atoms with Crippen LogP contribution in [-0.2, 0) is 18.4 Å². The van der Waals surface area contributed by atoms with E-state index in [4.69, 9.17) is 0 Å². The quantitative estimate of drug-likeness (QED) is 0.676. The van der Waals surface area contributed by atoms with Gasteiger partial charge in [0.25, 0.3) is 0 Å². The van der Waals surface area contributed by atoms with E-state index < -0.39 is 0 Å². The normalized spacial score (nSPS) is 10.7. The number of aromatic nitrogens is 3. The van der Waals surface area contributed by atoms with Gasteiger partial charge < -0.3 is 9.88 Å². The molecule has 0 spiro atoms. The third-order valence-electron chi connectivity index (χ3n) is 3.93. The molecule has 134 valence electrons. The van der Waals surface area contributed by atoms with Crippen molar-refractivity contribution in [1.82, 2.24) is 20.1 Å². The molecule has 0 radical (unpaired) electrons. The predicted octanol–water partition coefficient (Wildman–Crippen LogP) is 3.34. The lowest BCUT2D eigenvalue weighted by atomic mass is 10.1. The lowest BCUT2D eigenvalue weighted by Crippen LogP contribution is -2.24. The van der Waals surface area contributed by atoms with Crippen LogP contribution in [-0.4, -0.2) is 26.4 Å². The first-order valence-electron chi connectivity index (χ1n) is 8.14. The summed E-state index contributed by atoms with van der Waals surface area (Å²) in [6.07, 6.45) is 0. The molecule has 0 unspecified atom stereocenters. The van der Waals surface area contributed by atoms with Crippen molar-refractivity contribution in [3.63, 3.8) is 0 Å². The van der Waals surface area contributed by atoms with E-state index in [1.807, 2.05) is 41.9 Å². The van der Waals surface area contributed by atoms with Gasteiger partial charge in [-0.25, -0.2) is 4.39 Å². The van der Waals surface area contributed by atoms with Gasteiger partial charge >= 0.3 is 0 Å². The van der Waals surface area contributed by atoms with Crippen molar-refractivity contribution in [3.8, 4) is 11.4 Å². The van der Waals surface area contributed by atoms with Crippen LogP contribution >= 0.6 is 11.8 Å². The van der Waals surface area contributed by atoms with E-state index in [9.17, 15) is 9.18 Å². The Labute approximate surface area is 155 Å². The Hall–Kier alpha value is -2.67. The van der Waals surface area contributed by atoms with Crippen LogP contribution in [0.1, 0.15) is 11.1 Å². The van der Waals surface area contributed by atoms with Gasteiger partial charge in [-0.1, -0.05) is 54.2 Å². The number of hydrogen-bond acceptors (Lipinski definition) is 4. The second-order valence-corrected chi connectivity index (χ2v) is 6.82. The van der Waals surface area contributed by atoms with E-state index in [2.05, 4.69) is 15.5 Å². The minimum atomic E-state index is -0.265. The van der Waals surface area contributed by atoms with Gasteiger partial charge in [0.05, 0.1) is 5.75 Å². The van der Waals surface area contributed by atoms with E-state index in [-0.39, 0.29) is 17.5 Å². The van der Waals surface area contributed by atoms with Crippen LogP contribution in [0.3, 0.4) is 0 Å². The van der Waals surface area contributed by atoms with Crippen LogP contribution in [0.4, 0.5) is 4.39 Å². The summed E-state index contributed by atoms with van der Waals surface area (Å²) in [5, 5.41) is 11.8. The van der Waals surface area contributed by atoms with Gasteiger partial charge in [0, 0.05) is 19.2 Å². The summed E-state index contributed by atoms with van der Waals surface area (Å²) in [5.74, 6) is 0.567. The molecule has 0 aliphatic rings. The fraction of sp³-hybridized carbons (Fsp3) is 0.211. The second kappa shape index (κ2) is 8.14. The highest BCUT2D eigenvalue weighted by Crippen LogP contribution is 2.22. The summed E-state index contributed by atoms with van der Waals surface area (Å²) in [6.45, 7) is 2.00. The molecule has 0 bridgehead atoms. The number of carbonyl (C=O) groups excluding carboxylic acids is 1. The summed E-state index contributed by atoms with van der Waals surface area (Å²) < 4.78 is 15.4. The summed E-state index contributed by atoms with van der Waals surface area (Å²) in [4.78, 5) is 12.0. The third-order valence-corrected chi connectivity index (χ3v) is 4.95. The van der Waals surface area contributed by atoms with Crippen LogP contribution in [0.5, 0.6) is 0 Å². The SMILES string of the molecule is Cc1ccc(CNC(=O)CSc2nnc(-c3ccccc3)n2C)cc1F. The summed E-state index contributed by atoms with van der Waals surface area (Å²) in [7, 11) is 1.87. The molecule has 0 atom stereocenters. The molecule has 1 N–H and O–H groups in total. The molecule has 3 aromatic rings. The van der Waals surface area contributed by atoms with E-state index in [0.717, 1.165) is 17.0 Å². The van der Waals surface area contributed by atoms with Gasteiger partial charge in [0.15, 0.2) is 11.0 Å². The zero-order valence-electron chi connectivity index (χ0n) is 14.6. The summed E-state index contributed by atoms with van der Waals surface area (Å²) >= 11 is 1.31. The molecule has 0 saturated heterocycles. The molecule has 2 aromatic carbocycles. The van der Waals surface area contributed by atoms with Crippen LogP contribution in [0.2, 0.25) is 0 Å². The standard InChI is InChI=1S/C19H19FN4OS/c1-13-8-9-14(10-16(13)20)11-21-17(25)12-26-19-23-22-18(24(19)2)15-6-4-3-5-7-15/h3-10H,11-12H2,1-2H3,(H,21,25). The van der Waals surface area contributed by atoms with Crippen molar-refractivity contribution in [1.29, 1.82) is 0 Å². The van der Waals surface area contributed by atoms with Gasteiger partial charge in [-0.05, 0) is 24.1 Å². The Morgan fingerprint density at radius 1 is 1.19 bits per heavy atom. The van der Waals surface area contributed by atoms with Crippen molar-refractivity contribution in [2.75, 3.05) is 5.75 Å². The molecule has 7 heteroatoms. The summed E-state index contributed by atoms with van der Waals surface area (Å²) in [5.41, 5.74) is 2.30. The Morgan fingerprint density at radius 3 is 2.69 bits per heavy atom. The molecule has 5 nitrogen and oxygen atoms in total. The van der Waals surface area contributed by atoms with Crippen molar-refractivity contribution in [2.24, 2.45) is 7.05 Å². The highest BCUT2D eigenvalue weighted by atomic mass is 32.2. The largest absolute Gasteiger partial charge is 0.351 e. The number of hydrogen-bond donors (Lipinski definition) is 1. The van der Waals surface area contributed by atoms with Crippen molar-refractivity contribution < 1.29 is 9.18 Å². The fourth-order valence-electron chi connectivity index (χ4n) is 2.41. The molecule has 1 aromatic heterocycles. The number of halogens is 1. The van der Waals surface area contributed by atoms with Gasteiger partial charge in [-0.15, -0.1) is 10.2 Å². The molecule has 1 heterocycles. The van der Waals surface area contributed by atoms with Gasteiger partial charge in [0.1, 0.15) is 5.82 Å². The Bertz CT molecular complexity index is 911. The maximum absolute atomic E-state index is 13.5. The first-order chi connectivity index (χ1) is 12.5. The minimum Gasteiger partial charge on any atom is -0.351 e. The van der Waals surface area contributed by atoms with Crippen molar-refractivity contribution in [2.45, 2.75) is 18.6 Å². The average molecular weight is 370 g/mol. The highest BCUT2D eigenvalue weighted by Gasteiger charge is 2.12. The molecule has 0 aliphatic heterocycles. The fourth-order valence-corrected chi connectivity index (χ4v) is 3.15. The van der Waals surface area contributed by atoms with Crippen LogP contribution in [0.25, 0.3) is 11.4 Å². The monoisotopic (exact) mass is 370 g/mol. The maximum Gasteiger partial charge on any atom is 0.230 e. The molecule has 0 fully saturated rings. The Morgan fingerprint density at radius 2 is 1.96 bits per heavy atom. The minimum absolute atomic E-state index is 0.139. The lowest BCUT2D eigenvalue weighted by molar-refractivity contribution is -0.118. The number of aryl methyl sites for hydroxylation is 1. The molecule has 0 aliphatic carbocycles. The molecule has 0 saturated carbocycles. The number of thioether (sulfide) groups is 1. The zero-order valence-corrected chi connectivity index (χ0v) is 15.4. The van der Waals surface area contributed by atoms with E-state index in [0.29, 0.717) is 17.3 Å². The molecular formula is C19H19FN4OS. The van der Waals surface area contributed by atoms with E-state index in [1.165, 1.54) is 17.8 Å². The predicted molar refractivity (Wildman–Crippen MR) is 100 cm³/mol. The smallest absolute Gasteiger partial charge is 0.230 e. The first-order valence-corrected chi connectivity index (χ1v) is 9.12. The molecule has 1 amide bonds. The number of nitrogens with zero attached hydrogens (tertiary/aromatic N) is 3. The highest BCUT2D eigenvalue weighted by molar-refractivity contribution is 7.99. The molecule has 26 heavy (non-hydrogen) atoms. The number of rotatable bonds is 6. The molecular weight excluding hydrogens is 351 g/mol. The van der Waals surface area contributed by atoms with Gasteiger partial charge in [-0.3, -0.25) is 4.79 Å². The van der Waals surface area contributed by atoms with Crippen LogP contribution in [0.15, 0.2) is 53.7 Å².